The number of nitriles is 1. The summed E-state index contributed by atoms with van der Waals surface area (Å²) in [6.45, 7) is 3.94. The first-order valence-corrected chi connectivity index (χ1v) is 12.9. The molecule has 0 unspecified atom stereocenters. The first-order valence-electron chi connectivity index (χ1n) is 11.0. The summed E-state index contributed by atoms with van der Waals surface area (Å²) in [5.74, 6) is -0.317. The molecule has 2 aliphatic heterocycles. The number of carbonyl (C=O) groups excluding carboxylic acids is 2. The number of benzene rings is 2. The molecule has 0 bridgehead atoms. The number of Topliss-reactive ketones (excluding diaryl/α,β-unsaturated/α-hetero) is 1. The lowest BCUT2D eigenvalue weighted by Gasteiger charge is -2.18. The van der Waals surface area contributed by atoms with Crippen LogP contribution in [0.25, 0.3) is 6.08 Å². The zero-order chi connectivity index (χ0) is 25.2. The molecule has 1 atom stereocenters. The van der Waals surface area contributed by atoms with Gasteiger partial charge in [0.25, 0.3) is 5.91 Å². The fourth-order valence-electron chi connectivity index (χ4n) is 3.66. The highest BCUT2D eigenvalue weighted by atomic mass is 32.2. The van der Waals surface area contributed by atoms with E-state index < -0.39 is 5.92 Å². The molecule has 8 nitrogen and oxygen atoms in total. The van der Waals surface area contributed by atoms with Gasteiger partial charge in [-0.1, -0.05) is 35.5 Å². The Morgan fingerprint density at radius 3 is 2.72 bits per heavy atom. The second-order valence-corrected chi connectivity index (χ2v) is 9.99. The number of thiazole rings is 1. The number of amides is 1. The van der Waals surface area contributed by atoms with E-state index in [1.54, 1.807) is 18.2 Å². The molecule has 0 saturated heterocycles. The van der Waals surface area contributed by atoms with Crippen LogP contribution in [-0.2, 0) is 9.59 Å². The van der Waals surface area contributed by atoms with E-state index in [-0.39, 0.29) is 29.9 Å². The van der Waals surface area contributed by atoms with Crippen molar-refractivity contribution in [2.45, 2.75) is 19.8 Å². The molecule has 1 aromatic heterocycles. The topological polar surface area (TPSA) is 105 Å². The fraction of sp³-hybridized carbons (Fsp3) is 0.192. The third-order valence-corrected chi connectivity index (χ3v) is 7.49. The van der Waals surface area contributed by atoms with E-state index in [0.717, 1.165) is 28.6 Å². The Labute approximate surface area is 215 Å². The highest BCUT2D eigenvalue weighted by Gasteiger charge is 2.33. The molecule has 5 rings (SSSR count). The van der Waals surface area contributed by atoms with Crippen LogP contribution in [-0.4, -0.2) is 34.4 Å². The van der Waals surface area contributed by atoms with Gasteiger partial charge >= 0.3 is 0 Å². The van der Waals surface area contributed by atoms with Crippen LogP contribution in [0.15, 0.2) is 58.5 Å². The van der Waals surface area contributed by atoms with E-state index in [1.807, 2.05) is 49.6 Å². The monoisotopic (exact) mass is 516 g/mol. The minimum absolute atomic E-state index is 0.0252. The van der Waals surface area contributed by atoms with Crippen LogP contribution in [0, 0.1) is 25.2 Å². The first-order chi connectivity index (χ1) is 17.4. The summed E-state index contributed by atoms with van der Waals surface area (Å²) in [5.41, 5.74) is 3.44. The number of hydrogen-bond donors (Lipinski definition) is 0. The van der Waals surface area contributed by atoms with E-state index >= 15 is 0 Å². The van der Waals surface area contributed by atoms with Crippen molar-refractivity contribution < 1.29 is 19.1 Å². The van der Waals surface area contributed by atoms with Gasteiger partial charge < -0.3 is 9.47 Å². The fourth-order valence-corrected chi connectivity index (χ4v) is 5.44. The van der Waals surface area contributed by atoms with Crippen molar-refractivity contribution in [1.82, 2.24) is 4.98 Å². The summed E-state index contributed by atoms with van der Waals surface area (Å²) < 4.78 is 10.8. The third-order valence-electron chi connectivity index (χ3n) is 5.50. The van der Waals surface area contributed by atoms with Gasteiger partial charge in [-0.3, -0.25) is 14.5 Å². The number of aromatic nitrogens is 1. The number of aliphatic imine (C=N–C) groups is 1. The minimum atomic E-state index is -0.953. The lowest BCUT2D eigenvalue weighted by Crippen LogP contribution is -2.31. The van der Waals surface area contributed by atoms with E-state index in [1.165, 1.54) is 16.2 Å². The molecule has 2 aliphatic rings. The Hall–Kier alpha value is -3.94. The van der Waals surface area contributed by atoms with Gasteiger partial charge in [-0.15, -0.1) is 11.3 Å². The van der Waals surface area contributed by atoms with Gasteiger partial charge in [0.2, 0.25) is 6.79 Å². The van der Waals surface area contributed by atoms with Crippen molar-refractivity contribution in [1.29, 1.82) is 5.26 Å². The SMILES string of the molecule is Cc1ccc(N2C(=O)/C(=C\c3ccc4c(c3)OCO4)N=C2SCC(=O)[C@@H](C#N)c2nc(C)cs2)cc1. The van der Waals surface area contributed by atoms with Crippen molar-refractivity contribution in [2.75, 3.05) is 17.4 Å². The predicted molar refractivity (Wildman–Crippen MR) is 139 cm³/mol. The van der Waals surface area contributed by atoms with Crippen LogP contribution < -0.4 is 14.4 Å². The first kappa shape index (κ1) is 23.8. The Morgan fingerprint density at radius 1 is 1.22 bits per heavy atom. The smallest absolute Gasteiger partial charge is 0.283 e. The molecule has 0 aliphatic carbocycles. The second kappa shape index (κ2) is 9.97. The van der Waals surface area contributed by atoms with Crippen LogP contribution in [0.4, 0.5) is 5.69 Å². The molecule has 36 heavy (non-hydrogen) atoms. The highest BCUT2D eigenvalue weighted by molar-refractivity contribution is 8.14. The molecule has 2 aromatic carbocycles. The molecule has 0 saturated carbocycles. The average Bonchev–Trinajstić information content (AvgIpc) is 3.58. The number of carbonyl (C=O) groups is 2. The summed E-state index contributed by atoms with van der Waals surface area (Å²) in [7, 11) is 0. The number of thioether (sulfide) groups is 1. The summed E-state index contributed by atoms with van der Waals surface area (Å²) in [6.07, 6.45) is 1.68. The largest absolute Gasteiger partial charge is 0.454 e. The maximum absolute atomic E-state index is 13.4. The summed E-state index contributed by atoms with van der Waals surface area (Å²) in [6, 6.07) is 14.9. The second-order valence-electron chi connectivity index (χ2n) is 8.16. The number of ketones is 1. The lowest BCUT2D eigenvalue weighted by molar-refractivity contribution is -0.117. The van der Waals surface area contributed by atoms with Crippen molar-refractivity contribution >= 4 is 51.7 Å². The van der Waals surface area contributed by atoms with Gasteiger partial charge in [0.05, 0.1) is 17.5 Å². The zero-order valence-corrected chi connectivity index (χ0v) is 21.1. The number of nitrogens with zero attached hydrogens (tertiary/aromatic N) is 4. The van der Waals surface area contributed by atoms with E-state index in [0.29, 0.717) is 27.4 Å². The number of fused-ring (bicyclic) bond motifs is 1. The molecule has 0 fully saturated rings. The van der Waals surface area contributed by atoms with E-state index in [4.69, 9.17) is 9.47 Å². The maximum atomic E-state index is 13.4. The Kier molecular flexibility index (Phi) is 6.59. The molecule has 1 amide bonds. The summed E-state index contributed by atoms with van der Waals surface area (Å²) in [4.78, 5) is 36.7. The molecule has 0 spiro atoms. The van der Waals surface area contributed by atoms with Gasteiger partial charge in [-0.2, -0.15) is 5.26 Å². The molecular formula is C26H20N4O4S2. The lowest BCUT2D eigenvalue weighted by atomic mass is 10.1. The molecule has 10 heteroatoms. The zero-order valence-electron chi connectivity index (χ0n) is 19.4. The number of amidine groups is 1. The molecular weight excluding hydrogens is 496 g/mol. The van der Waals surface area contributed by atoms with Gasteiger partial charge in [0, 0.05) is 11.1 Å². The number of rotatable bonds is 6. The number of hydrogen-bond acceptors (Lipinski definition) is 9. The van der Waals surface area contributed by atoms with Gasteiger partial charge in [-0.25, -0.2) is 9.98 Å². The van der Waals surface area contributed by atoms with Crippen molar-refractivity contribution in [2.24, 2.45) is 4.99 Å². The van der Waals surface area contributed by atoms with Crippen LogP contribution in [0.3, 0.4) is 0 Å². The van der Waals surface area contributed by atoms with Crippen LogP contribution in [0.1, 0.15) is 27.7 Å². The number of anilines is 1. The Morgan fingerprint density at radius 2 is 2.00 bits per heavy atom. The number of ether oxygens (including phenoxy) is 2. The normalized spacial score (nSPS) is 16.2. The molecule has 3 heterocycles. The van der Waals surface area contributed by atoms with Crippen molar-refractivity contribution in [3.63, 3.8) is 0 Å². The molecule has 3 aromatic rings. The molecule has 0 N–H and O–H groups in total. The summed E-state index contributed by atoms with van der Waals surface area (Å²) in [5, 5.41) is 12.2. The Balaban J connectivity index is 1.42. The van der Waals surface area contributed by atoms with Crippen molar-refractivity contribution in [3.05, 3.63) is 75.4 Å². The quantitative estimate of drug-likeness (QED) is 0.432. The third kappa shape index (κ3) is 4.76. The minimum Gasteiger partial charge on any atom is -0.454 e. The van der Waals surface area contributed by atoms with Gasteiger partial charge in [0.1, 0.15) is 10.7 Å². The summed E-state index contributed by atoms with van der Waals surface area (Å²) >= 11 is 2.42. The van der Waals surface area contributed by atoms with E-state index in [9.17, 15) is 14.9 Å². The predicted octanol–water partition coefficient (Wildman–Crippen LogP) is 4.84. The average molecular weight is 517 g/mol. The van der Waals surface area contributed by atoms with Gasteiger partial charge in [-0.05, 0) is 49.8 Å². The van der Waals surface area contributed by atoms with Crippen molar-refractivity contribution in [3.8, 4) is 17.6 Å². The molecule has 0 radical (unpaired) electrons. The van der Waals surface area contributed by atoms with E-state index in [2.05, 4.69) is 16.0 Å². The molecule has 180 valence electrons. The number of aryl methyl sites for hydroxylation is 2. The standard InChI is InChI=1S/C26H20N4O4S2/c1-15-3-6-18(7-4-15)30-25(32)20(9-17-5-8-22-23(10-17)34-14-33-22)29-26(30)36-13-21(31)19(11-27)24-28-16(2)12-35-24/h3-10,12,19H,13-14H2,1-2H3/b20-9+/t19-/m1/s1. The van der Waals surface area contributed by atoms with Crippen LogP contribution in [0.2, 0.25) is 0 Å². The Bertz CT molecular complexity index is 1450. The maximum Gasteiger partial charge on any atom is 0.283 e. The van der Waals surface area contributed by atoms with Crippen LogP contribution in [0.5, 0.6) is 11.5 Å². The van der Waals surface area contributed by atoms with Crippen LogP contribution >= 0.6 is 23.1 Å². The van der Waals surface area contributed by atoms with Gasteiger partial charge in [0.15, 0.2) is 28.4 Å². The highest BCUT2D eigenvalue weighted by Crippen LogP contribution is 2.35.